The zero-order valence-electron chi connectivity index (χ0n) is 8.64. The molecule has 0 N–H and O–H groups in total. The predicted molar refractivity (Wildman–Crippen MR) is 59.1 cm³/mol. The van der Waals surface area contributed by atoms with Crippen molar-refractivity contribution in [2.45, 2.75) is 5.88 Å². The van der Waals surface area contributed by atoms with Crippen molar-refractivity contribution in [3.63, 3.8) is 0 Å². The van der Waals surface area contributed by atoms with Crippen LogP contribution in [0.3, 0.4) is 0 Å². The van der Waals surface area contributed by atoms with E-state index in [4.69, 9.17) is 25.5 Å². The Balaban J connectivity index is 2.13. The van der Waals surface area contributed by atoms with E-state index in [9.17, 15) is 0 Å². The van der Waals surface area contributed by atoms with Gasteiger partial charge in [0.15, 0.2) is 0 Å². The van der Waals surface area contributed by atoms with Gasteiger partial charge in [-0.15, -0.1) is 11.6 Å². The number of halogens is 1. The van der Waals surface area contributed by atoms with Gasteiger partial charge in [0.25, 0.3) is 0 Å². The molecule has 84 valence electrons. The van der Waals surface area contributed by atoms with Gasteiger partial charge in [0.1, 0.15) is 17.8 Å². The fourth-order valence-electron chi connectivity index (χ4n) is 1.16. The highest BCUT2D eigenvalue weighted by atomic mass is 35.5. The van der Waals surface area contributed by atoms with Crippen LogP contribution < -0.4 is 9.47 Å². The summed E-state index contributed by atoms with van der Waals surface area (Å²) in [6, 6.07) is 7.17. The number of hydrogen-bond donors (Lipinski definition) is 0. The smallest absolute Gasteiger partial charge is 0.399 e. The molecule has 2 aromatic rings. The van der Waals surface area contributed by atoms with Crippen LogP contribution in [0.1, 0.15) is 5.69 Å². The van der Waals surface area contributed by atoms with Crippen LogP contribution in [0.2, 0.25) is 0 Å². The average Bonchev–Trinajstić information content (AvgIpc) is 2.77. The summed E-state index contributed by atoms with van der Waals surface area (Å²) in [6.45, 7) is 0. The number of hydrogen-bond acceptors (Lipinski definition) is 4. The molecule has 0 bridgehead atoms. The maximum absolute atomic E-state index is 5.59. The van der Waals surface area contributed by atoms with Gasteiger partial charge < -0.3 is 13.9 Å². The van der Waals surface area contributed by atoms with Gasteiger partial charge in [0, 0.05) is 6.07 Å². The fraction of sp³-hybridized carbons (Fsp3) is 0.182. The van der Waals surface area contributed by atoms with Crippen molar-refractivity contribution in [2.24, 2.45) is 0 Å². The number of rotatable bonds is 4. The number of ether oxygens (including phenoxy) is 2. The van der Waals surface area contributed by atoms with Crippen LogP contribution in [0.25, 0.3) is 0 Å². The Bertz CT molecular complexity index is 470. The molecule has 0 fully saturated rings. The van der Waals surface area contributed by atoms with E-state index in [2.05, 4.69) is 4.98 Å². The Kier molecular flexibility index (Phi) is 3.31. The maximum atomic E-state index is 5.59. The summed E-state index contributed by atoms with van der Waals surface area (Å²) in [5.74, 6) is 1.61. The van der Waals surface area contributed by atoms with Gasteiger partial charge in [-0.1, -0.05) is 6.07 Å². The molecule has 1 aromatic carbocycles. The van der Waals surface area contributed by atoms with Crippen molar-refractivity contribution in [1.29, 1.82) is 0 Å². The van der Waals surface area contributed by atoms with E-state index in [1.54, 1.807) is 19.2 Å². The topological polar surface area (TPSA) is 44.5 Å². The van der Waals surface area contributed by atoms with Crippen molar-refractivity contribution < 1.29 is 13.9 Å². The van der Waals surface area contributed by atoms with E-state index in [0.717, 1.165) is 0 Å². The Morgan fingerprint density at radius 2 is 2.19 bits per heavy atom. The summed E-state index contributed by atoms with van der Waals surface area (Å²) in [5, 5.41) is 0. The Hall–Kier alpha value is -1.68. The molecule has 0 saturated heterocycles. The second-order valence-corrected chi connectivity index (χ2v) is 3.29. The van der Waals surface area contributed by atoms with Gasteiger partial charge in [-0.25, -0.2) is 0 Å². The summed E-state index contributed by atoms with van der Waals surface area (Å²) in [6.07, 6.45) is 1.63. The number of nitrogens with zero attached hydrogens (tertiary/aromatic N) is 1. The molecule has 0 atom stereocenters. The van der Waals surface area contributed by atoms with Crippen LogP contribution in [0.4, 0.5) is 0 Å². The maximum Gasteiger partial charge on any atom is 0.399 e. The summed E-state index contributed by atoms with van der Waals surface area (Å²) in [4.78, 5) is 4.02. The van der Waals surface area contributed by atoms with E-state index < -0.39 is 0 Å². The normalized spacial score (nSPS) is 10.1. The third-order valence-electron chi connectivity index (χ3n) is 1.91. The quantitative estimate of drug-likeness (QED) is 0.769. The van der Waals surface area contributed by atoms with E-state index in [1.807, 2.05) is 12.1 Å². The molecule has 1 heterocycles. The molecule has 2 rings (SSSR count). The molecular weight excluding hydrogens is 230 g/mol. The van der Waals surface area contributed by atoms with Crippen molar-refractivity contribution in [3.05, 3.63) is 36.2 Å². The van der Waals surface area contributed by atoms with Crippen LogP contribution in [0.15, 0.2) is 34.9 Å². The molecule has 0 amide bonds. The highest BCUT2D eigenvalue weighted by Gasteiger charge is 2.05. The van der Waals surface area contributed by atoms with Gasteiger partial charge in [-0.2, -0.15) is 4.98 Å². The standard InChI is InChI=1S/C11H10ClNO3/c1-14-9-3-2-4-10(5-9)16-11-13-8(6-12)7-15-11/h2-5,7H,6H2,1H3. The second kappa shape index (κ2) is 4.90. The molecule has 4 nitrogen and oxygen atoms in total. The lowest BCUT2D eigenvalue weighted by Crippen LogP contribution is -1.87. The Morgan fingerprint density at radius 3 is 2.88 bits per heavy atom. The summed E-state index contributed by atoms with van der Waals surface area (Å²) in [5.41, 5.74) is 0.638. The number of benzene rings is 1. The minimum absolute atomic E-state index is 0.170. The van der Waals surface area contributed by atoms with Crippen molar-refractivity contribution in [1.82, 2.24) is 4.98 Å². The number of oxazole rings is 1. The van der Waals surface area contributed by atoms with E-state index in [1.165, 1.54) is 6.26 Å². The first-order valence-electron chi connectivity index (χ1n) is 4.64. The molecule has 0 saturated carbocycles. The first-order valence-corrected chi connectivity index (χ1v) is 5.17. The summed E-state index contributed by atoms with van der Waals surface area (Å²) in [7, 11) is 1.59. The third kappa shape index (κ3) is 2.46. The first kappa shape index (κ1) is 10.8. The van der Waals surface area contributed by atoms with Gasteiger partial charge in [0.2, 0.25) is 0 Å². The number of alkyl halides is 1. The van der Waals surface area contributed by atoms with E-state index >= 15 is 0 Å². The SMILES string of the molecule is COc1cccc(Oc2nc(CCl)co2)c1. The zero-order chi connectivity index (χ0) is 11.4. The highest BCUT2D eigenvalue weighted by Crippen LogP contribution is 2.24. The molecule has 1 aromatic heterocycles. The van der Waals surface area contributed by atoms with Gasteiger partial charge >= 0.3 is 6.08 Å². The van der Waals surface area contributed by atoms with Crippen LogP contribution in [-0.4, -0.2) is 12.1 Å². The number of aromatic nitrogens is 1. The van der Waals surface area contributed by atoms with Crippen LogP contribution >= 0.6 is 11.6 Å². The fourth-order valence-corrected chi connectivity index (χ4v) is 1.28. The van der Waals surface area contributed by atoms with Crippen molar-refractivity contribution in [2.75, 3.05) is 7.11 Å². The number of methoxy groups -OCH3 is 1. The minimum atomic E-state index is 0.170. The molecule has 0 aliphatic carbocycles. The summed E-state index contributed by atoms with van der Waals surface area (Å²) >= 11 is 5.59. The van der Waals surface area contributed by atoms with Gasteiger partial charge in [-0.3, -0.25) is 0 Å². The lowest BCUT2D eigenvalue weighted by molar-refractivity contribution is 0.328. The molecule has 0 radical (unpaired) electrons. The van der Waals surface area contributed by atoms with E-state index in [0.29, 0.717) is 23.1 Å². The second-order valence-electron chi connectivity index (χ2n) is 3.02. The van der Waals surface area contributed by atoms with Gasteiger partial charge in [0.05, 0.1) is 18.7 Å². The molecule has 5 heteroatoms. The predicted octanol–water partition coefficient (Wildman–Crippen LogP) is 3.21. The van der Waals surface area contributed by atoms with Crippen LogP contribution in [-0.2, 0) is 5.88 Å². The zero-order valence-corrected chi connectivity index (χ0v) is 9.40. The van der Waals surface area contributed by atoms with E-state index in [-0.39, 0.29) is 6.08 Å². The Morgan fingerprint density at radius 1 is 1.38 bits per heavy atom. The lowest BCUT2D eigenvalue weighted by atomic mass is 10.3. The molecule has 0 aliphatic rings. The monoisotopic (exact) mass is 239 g/mol. The molecule has 0 unspecified atom stereocenters. The van der Waals surface area contributed by atoms with Crippen molar-refractivity contribution in [3.8, 4) is 17.6 Å². The van der Waals surface area contributed by atoms with Crippen LogP contribution in [0, 0.1) is 0 Å². The van der Waals surface area contributed by atoms with Crippen molar-refractivity contribution >= 4 is 11.6 Å². The first-order chi connectivity index (χ1) is 7.81. The lowest BCUT2D eigenvalue weighted by Gasteiger charge is -2.02. The highest BCUT2D eigenvalue weighted by molar-refractivity contribution is 6.16. The average molecular weight is 240 g/mol. The molecule has 16 heavy (non-hydrogen) atoms. The molecule has 0 aliphatic heterocycles. The molecular formula is C11H10ClNO3. The minimum Gasteiger partial charge on any atom is -0.497 e. The Labute approximate surface area is 97.8 Å². The van der Waals surface area contributed by atoms with Gasteiger partial charge in [-0.05, 0) is 12.1 Å². The third-order valence-corrected chi connectivity index (χ3v) is 2.19. The van der Waals surface area contributed by atoms with Crippen LogP contribution in [0.5, 0.6) is 17.6 Å². The summed E-state index contributed by atoms with van der Waals surface area (Å²) < 4.78 is 15.5. The largest absolute Gasteiger partial charge is 0.497 e. The molecule has 0 spiro atoms.